The van der Waals surface area contributed by atoms with Gasteiger partial charge in [-0.1, -0.05) is 36.4 Å². The number of amides is 2. The average Bonchev–Trinajstić information content (AvgIpc) is 3.33. The van der Waals surface area contributed by atoms with E-state index in [0.717, 1.165) is 52.9 Å². The van der Waals surface area contributed by atoms with Gasteiger partial charge in [-0.3, -0.25) is 9.59 Å². The first kappa shape index (κ1) is 36.1. The summed E-state index contributed by atoms with van der Waals surface area (Å²) >= 11 is 0. The van der Waals surface area contributed by atoms with E-state index in [1.54, 1.807) is 0 Å². The number of hydrogen-bond donors (Lipinski definition) is 0. The van der Waals surface area contributed by atoms with E-state index in [1.165, 1.54) is 5.69 Å². The molecule has 0 unspecified atom stereocenters. The molecule has 2 fully saturated rings. The minimum atomic E-state index is -0.593. The van der Waals surface area contributed by atoms with Gasteiger partial charge >= 0.3 is 5.97 Å². The molecule has 9 nitrogen and oxygen atoms in total. The number of aryl methyl sites for hydroxylation is 1. The Balaban J connectivity index is 0.00000276. The molecule has 3 aromatic rings. The number of hydroxylamine groups is 2. The molecular formula is C34H37I2N5O4. The van der Waals surface area contributed by atoms with E-state index in [9.17, 15) is 19.6 Å². The summed E-state index contributed by atoms with van der Waals surface area (Å²) < 4.78 is 3.02. The van der Waals surface area contributed by atoms with Gasteiger partial charge in [-0.15, -0.1) is 5.06 Å². The van der Waals surface area contributed by atoms with Crippen LogP contribution in [0, 0.1) is 11.3 Å². The maximum atomic E-state index is 12.0. The Labute approximate surface area is 298 Å². The van der Waals surface area contributed by atoms with Gasteiger partial charge in [0.2, 0.25) is 0 Å². The van der Waals surface area contributed by atoms with Crippen LogP contribution in [0.4, 0.5) is 5.69 Å². The molecule has 2 aromatic carbocycles. The number of aromatic nitrogens is 1. The summed E-state index contributed by atoms with van der Waals surface area (Å²) in [6.45, 7) is 4.94. The molecule has 2 amide bonds. The zero-order chi connectivity index (χ0) is 30.4. The Kier molecular flexibility index (Phi) is 13.1. The van der Waals surface area contributed by atoms with Crippen LogP contribution < -0.4 is 57.4 Å². The summed E-state index contributed by atoms with van der Waals surface area (Å²) in [5.41, 5.74) is 5.76. The minimum Gasteiger partial charge on any atom is -1.00 e. The van der Waals surface area contributed by atoms with E-state index < -0.39 is 17.8 Å². The van der Waals surface area contributed by atoms with Crippen LogP contribution in [0.2, 0.25) is 0 Å². The topological polar surface area (TPSA) is 94.6 Å². The van der Waals surface area contributed by atoms with Gasteiger partial charge in [0, 0.05) is 37.1 Å². The molecule has 236 valence electrons. The number of nitrogens with zero attached hydrogens (tertiary/aromatic N) is 5. The quantitative estimate of drug-likeness (QED) is 0.0620. The highest BCUT2D eigenvalue weighted by Crippen LogP contribution is 2.25. The van der Waals surface area contributed by atoms with Gasteiger partial charge in [0.25, 0.3) is 11.8 Å². The zero-order valence-electron chi connectivity index (χ0n) is 25.5. The van der Waals surface area contributed by atoms with Crippen molar-refractivity contribution < 1.29 is 76.2 Å². The van der Waals surface area contributed by atoms with E-state index in [2.05, 4.69) is 49.3 Å². The van der Waals surface area contributed by atoms with Crippen LogP contribution >= 0.6 is 0 Å². The number of carbonyl (C=O) groups excluding carboxylic acids is 3. The van der Waals surface area contributed by atoms with Crippen molar-refractivity contribution in [3.63, 3.8) is 0 Å². The average molecular weight is 834 g/mol. The number of halogens is 2. The molecule has 45 heavy (non-hydrogen) atoms. The van der Waals surface area contributed by atoms with Crippen molar-refractivity contribution in [3.05, 3.63) is 84.2 Å². The van der Waals surface area contributed by atoms with Crippen molar-refractivity contribution in [1.29, 1.82) is 5.26 Å². The molecule has 5 rings (SSSR count). The van der Waals surface area contributed by atoms with Crippen LogP contribution in [0.1, 0.15) is 36.8 Å². The molecule has 1 aromatic heterocycles. The molecular weight excluding hydrogens is 796 g/mol. The first-order valence-corrected chi connectivity index (χ1v) is 14.7. The van der Waals surface area contributed by atoms with Crippen molar-refractivity contribution in [3.8, 4) is 17.2 Å². The second kappa shape index (κ2) is 16.3. The molecule has 0 bridgehead atoms. The maximum absolute atomic E-state index is 12.0. The summed E-state index contributed by atoms with van der Waals surface area (Å²) in [4.78, 5) is 42.5. The highest BCUT2D eigenvalue weighted by Gasteiger charge is 2.32. The molecule has 11 heteroatoms. The lowest BCUT2D eigenvalue weighted by Crippen LogP contribution is -3.00. The third-order valence-electron chi connectivity index (χ3n) is 8.06. The van der Waals surface area contributed by atoms with Crippen LogP contribution in [0.3, 0.4) is 0 Å². The fourth-order valence-electron chi connectivity index (χ4n) is 5.25. The molecule has 0 saturated carbocycles. The van der Waals surface area contributed by atoms with Gasteiger partial charge in [-0.25, -0.2) is 9.36 Å². The normalized spacial score (nSPS) is 16.0. The number of hydrogen-bond acceptors (Lipinski definition) is 6. The molecule has 0 atom stereocenters. The predicted molar refractivity (Wildman–Crippen MR) is 162 cm³/mol. The lowest BCUT2D eigenvalue weighted by atomic mass is 10.00. The van der Waals surface area contributed by atoms with Gasteiger partial charge in [0.1, 0.15) is 6.54 Å². The smallest absolute Gasteiger partial charge is 0.333 e. The van der Waals surface area contributed by atoms with Crippen molar-refractivity contribution in [2.45, 2.75) is 32.2 Å². The van der Waals surface area contributed by atoms with Crippen molar-refractivity contribution in [2.24, 2.45) is 0 Å². The van der Waals surface area contributed by atoms with Crippen LogP contribution in [0.5, 0.6) is 0 Å². The van der Waals surface area contributed by atoms with Crippen LogP contribution in [-0.4, -0.2) is 67.6 Å². The van der Waals surface area contributed by atoms with E-state index in [-0.39, 0.29) is 67.2 Å². The largest absolute Gasteiger partial charge is 1.00 e. The SMILES string of the molecule is C[N+]1(C)CCN(c2ccc(/C=C(\C#N)c3ccc(-c4cc[n+](CCCC(=O)ON5C(=O)CCC5=O)cc4)cc3)cc2)CC1.[I-].[I-]. The molecule has 2 aliphatic rings. The minimum absolute atomic E-state index is 0. The maximum Gasteiger partial charge on any atom is 0.333 e. The Morgan fingerprint density at radius 1 is 0.911 bits per heavy atom. The van der Waals surface area contributed by atoms with Crippen LogP contribution in [0.15, 0.2) is 73.1 Å². The second-order valence-electron chi connectivity index (χ2n) is 11.7. The number of likely N-dealkylation sites (N-methyl/N-ethyl adjacent to an activating group) is 1. The van der Waals surface area contributed by atoms with E-state index in [4.69, 9.17) is 4.84 Å². The highest BCUT2D eigenvalue weighted by molar-refractivity contribution is 6.01. The Morgan fingerprint density at radius 3 is 2.07 bits per heavy atom. The van der Waals surface area contributed by atoms with Gasteiger partial charge in [-0.05, 0) is 40.5 Å². The van der Waals surface area contributed by atoms with Crippen molar-refractivity contribution >= 4 is 35.1 Å². The molecule has 0 aliphatic carbocycles. The first-order valence-electron chi connectivity index (χ1n) is 14.7. The summed E-state index contributed by atoms with van der Waals surface area (Å²) in [6.07, 6.45) is 6.58. The number of benzene rings is 2. The highest BCUT2D eigenvalue weighted by atomic mass is 127. The number of carbonyl (C=O) groups is 3. The third-order valence-corrected chi connectivity index (χ3v) is 8.06. The number of imide groups is 1. The van der Waals surface area contributed by atoms with Gasteiger partial charge in [-0.2, -0.15) is 5.26 Å². The monoisotopic (exact) mass is 833 g/mol. The number of anilines is 1. The standard InChI is InChI=1S/C34H37N5O4.2HI/c1-39(2)22-20-37(21-23-39)31-11-5-26(6-12-31)24-30(25-35)28-9-7-27(8-10-28)29-15-18-36(19-16-29)17-3-4-34(42)43-38-32(40)13-14-33(38)41;;/h5-12,15-16,18-19,24H,3-4,13-14,17,20-23H2,1-2H3;2*1H/q+2;;/p-2. The lowest BCUT2D eigenvalue weighted by molar-refractivity contribution is -0.890. The van der Waals surface area contributed by atoms with Gasteiger partial charge in [0.15, 0.2) is 12.4 Å². The molecule has 0 spiro atoms. The number of pyridine rings is 1. The van der Waals surface area contributed by atoms with Crippen molar-refractivity contribution in [2.75, 3.05) is 45.2 Å². The Bertz CT molecular complexity index is 1540. The second-order valence-corrected chi connectivity index (χ2v) is 11.7. The summed E-state index contributed by atoms with van der Waals surface area (Å²) in [5.74, 6) is -1.54. The van der Waals surface area contributed by atoms with Gasteiger partial charge in [0.05, 0.1) is 58.3 Å². The first-order chi connectivity index (χ1) is 20.7. The Hall–Kier alpha value is -3.35. The summed E-state index contributed by atoms with van der Waals surface area (Å²) in [5, 5.41) is 10.5. The van der Waals surface area contributed by atoms with E-state index in [0.29, 0.717) is 23.6 Å². The Morgan fingerprint density at radius 2 is 1.49 bits per heavy atom. The lowest BCUT2D eigenvalue weighted by Gasteiger charge is -2.40. The number of rotatable bonds is 9. The molecule has 3 heterocycles. The number of nitriles is 1. The molecule has 0 radical (unpaired) electrons. The van der Waals surface area contributed by atoms with Gasteiger partial charge < -0.3 is 62.2 Å². The fraction of sp³-hybridized carbons (Fsp3) is 0.324. The third kappa shape index (κ3) is 9.57. The summed E-state index contributed by atoms with van der Waals surface area (Å²) in [6, 6.07) is 22.7. The predicted octanol–water partition coefficient (Wildman–Crippen LogP) is -2.00. The zero-order valence-corrected chi connectivity index (χ0v) is 29.8. The fourth-order valence-corrected chi connectivity index (χ4v) is 5.25. The van der Waals surface area contributed by atoms with E-state index in [1.807, 2.05) is 59.4 Å². The van der Waals surface area contributed by atoms with E-state index >= 15 is 0 Å². The number of piperazine rings is 1. The van der Waals surface area contributed by atoms with Crippen LogP contribution in [0.25, 0.3) is 22.8 Å². The van der Waals surface area contributed by atoms with Crippen LogP contribution in [-0.2, 0) is 25.8 Å². The summed E-state index contributed by atoms with van der Waals surface area (Å²) in [7, 11) is 4.55. The molecule has 2 aliphatic heterocycles. The molecule has 2 saturated heterocycles. The number of allylic oxidation sites excluding steroid dienone is 1. The van der Waals surface area contributed by atoms with Crippen molar-refractivity contribution in [1.82, 2.24) is 5.06 Å². The number of quaternary nitrogens is 1. The molecule has 0 N–H and O–H groups in total.